The molecule has 0 spiro atoms. The molecule has 1 aliphatic heterocycles. The van der Waals surface area contributed by atoms with Crippen LogP contribution in [-0.2, 0) is 9.59 Å². The van der Waals surface area contributed by atoms with Crippen LogP contribution in [0.3, 0.4) is 0 Å². The van der Waals surface area contributed by atoms with Gasteiger partial charge in [-0.15, -0.1) is 10.2 Å². The van der Waals surface area contributed by atoms with Gasteiger partial charge in [-0.25, -0.2) is 0 Å². The van der Waals surface area contributed by atoms with Crippen molar-refractivity contribution in [1.82, 2.24) is 10.2 Å². The van der Waals surface area contributed by atoms with Gasteiger partial charge in [0.1, 0.15) is 11.6 Å². The molecule has 0 radical (unpaired) electrons. The summed E-state index contributed by atoms with van der Waals surface area (Å²) in [5, 5.41) is 22.4. The number of aromatic nitrogens is 2. The van der Waals surface area contributed by atoms with Gasteiger partial charge in [-0.3, -0.25) is 14.5 Å². The summed E-state index contributed by atoms with van der Waals surface area (Å²) < 4.78 is 5.74. The highest BCUT2D eigenvalue weighted by molar-refractivity contribution is 8.01. The summed E-state index contributed by atoms with van der Waals surface area (Å²) in [6.45, 7) is 0. The number of ketones is 1. The maximum Gasteiger partial charge on any atom is 0.234 e. The molecule has 0 bridgehead atoms. The number of carbonyl (C=O) groups is 2. The van der Waals surface area contributed by atoms with E-state index in [1.807, 2.05) is 12.1 Å². The van der Waals surface area contributed by atoms with Crippen molar-refractivity contribution in [2.45, 2.75) is 29.5 Å². The van der Waals surface area contributed by atoms with E-state index in [0.29, 0.717) is 62.0 Å². The van der Waals surface area contributed by atoms with E-state index in [2.05, 4.69) is 21.6 Å². The van der Waals surface area contributed by atoms with Crippen LogP contribution in [0.5, 0.6) is 5.75 Å². The minimum atomic E-state index is -0.648. The number of rotatable bonds is 7. The Labute approximate surface area is 238 Å². The smallest absolute Gasteiger partial charge is 0.234 e. The Balaban J connectivity index is 1.41. The number of hydrogen-bond donors (Lipinski definition) is 2. The van der Waals surface area contributed by atoms with Gasteiger partial charge < -0.3 is 15.8 Å². The second kappa shape index (κ2) is 11.5. The van der Waals surface area contributed by atoms with Crippen LogP contribution in [0.4, 0.5) is 10.8 Å². The molecule has 0 saturated heterocycles. The van der Waals surface area contributed by atoms with Crippen molar-refractivity contribution in [3.63, 3.8) is 0 Å². The Morgan fingerprint density at radius 1 is 1.28 bits per heavy atom. The molecule has 1 unspecified atom stereocenters. The third kappa shape index (κ3) is 5.36. The minimum absolute atomic E-state index is 0.0419. The van der Waals surface area contributed by atoms with Crippen LogP contribution in [0.15, 0.2) is 75.5 Å². The van der Waals surface area contributed by atoms with Crippen molar-refractivity contribution < 1.29 is 14.3 Å². The number of ether oxygens (including phenoxy) is 1. The van der Waals surface area contributed by atoms with Crippen LogP contribution < -0.4 is 20.7 Å². The number of benzene rings is 2. The van der Waals surface area contributed by atoms with Crippen molar-refractivity contribution in [3.8, 4) is 11.8 Å². The van der Waals surface area contributed by atoms with Gasteiger partial charge in [-0.2, -0.15) is 5.26 Å². The summed E-state index contributed by atoms with van der Waals surface area (Å²) in [7, 11) is 1.56. The number of nitrogens with zero attached hydrogens (tertiary/aromatic N) is 4. The number of Topliss-reactive ketones (excluding diaryl/α,β-unsaturated/α-hetero) is 1. The van der Waals surface area contributed by atoms with Crippen molar-refractivity contribution in [2.24, 2.45) is 5.73 Å². The summed E-state index contributed by atoms with van der Waals surface area (Å²) in [6, 6.07) is 16.5. The first-order valence-corrected chi connectivity index (χ1v) is 14.2. The highest BCUT2D eigenvalue weighted by Crippen LogP contribution is 2.48. The zero-order valence-electron chi connectivity index (χ0n) is 20.8. The molecule has 0 fully saturated rings. The van der Waals surface area contributed by atoms with E-state index in [9.17, 15) is 14.9 Å². The first kappa shape index (κ1) is 26.7. The molecule has 2 aliphatic rings. The normalized spacial score (nSPS) is 17.1. The zero-order valence-corrected chi connectivity index (χ0v) is 23.2. The van der Waals surface area contributed by atoms with E-state index in [1.165, 1.54) is 23.1 Å². The second-order valence-corrected chi connectivity index (χ2v) is 11.3. The van der Waals surface area contributed by atoms with Crippen LogP contribution in [0.2, 0.25) is 5.02 Å². The Morgan fingerprint density at radius 3 is 2.87 bits per heavy atom. The van der Waals surface area contributed by atoms with E-state index >= 15 is 0 Å². The molecule has 3 N–H and O–H groups in total. The lowest BCUT2D eigenvalue weighted by Gasteiger charge is -2.38. The molecule has 0 saturated carbocycles. The third-order valence-corrected chi connectivity index (χ3v) is 8.78. The Kier molecular flexibility index (Phi) is 7.88. The van der Waals surface area contributed by atoms with E-state index in [0.717, 1.165) is 0 Å². The summed E-state index contributed by atoms with van der Waals surface area (Å²) >= 11 is 8.98. The highest BCUT2D eigenvalue weighted by atomic mass is 35.5. The SMILES string of the molecule is COc1cccc(NC(=O)CSc2nnc(N3C(N)=C(C#N)C(c4ccccc4Cl)C4=C3CCCC4=O)s2)c1. The number of thioether (sulfide) groups is 1. The van der Waals surface area contributed by atoms with Gasteiger partial charge in [0.05, 0.1) is 30.4 Å². The highest BCUT2D eigenvalue weighted by Gasteiger charge is 2.41. The third-order valence-electron chi connectivity index (χ3n) is 6.40. The number of carbonyl (C=O) groups excluding carboxylic acids is 2. The quantitative estimate of drug-likeness (QED) is 0.361. The predicted octanol–water partition coefficient (Wildman–Crippen LogP) is 5.24. The van der Waals surface area contributed by atoms with E-state index < -0.39 is 5.92 Å². The molecule has 1 amide bonds. The first-order valence-electron chi connectivity index (χ1n) is 12.0. The molecule has 39 heavy (non-hydrogen) atoms. The molecular weight excluding hydrogens is 556 g/mol. The van der Waals surface area contributed by atoms with Crippen molar-refractivity contribution in [2.75, 3.05) is 23.1 Å². The molecule has 9 nitrogen and oxygen atoms in total. The molecule has 3 aromatic rings. The summed E-state index contributed by atoms with van der Waals surface area (Å²) in [5.74, 6) is 0.0510. The summed E-state index contributed by atoms with van der Waals surface area (Å²) in [4.78, 5) is 27.4. The lowest BCUT2D eigenvalue weighted by atomic mass is 9.76. The molecule has 1 aliphatic carbocycles. The van der Waals surface area contributed by atoms with Crippen LogP contribution in [-0.4, -0.2) is 34.8 Å². The van der Waals surface area contributed by atoms with E-state index in [-0.39, 0.29) is 28.8 Å². The number of halogens is 1. The van der Waals surface area contributed by atoms with Crippen molar-refractivity contribution >= 4 is 57.2 Å². The molecule has 5 rings (SSSR count). The minimum Gasteiger partial charge on any atom is -0.497 e. The number of allylic oxidation sites excluding steroid dienone is 3. The van der Waals surface area contributed by atoms with Gasteiger partial charge in [0.2, 0.25) is 11.0 Å². The Morgan fingerprint density at radius 2 is 2.10 bits per heavy atom. The van der Waals surface area contributed by atoms with E-state index in [1.54, 1.807) is 48.4 Å². The van der Waals surface area contributed by atoms with Gasteiger partial charge in [0.25, 0.3) is 0 Å². The zero-order chi connectivity index (χ0) is 27.5. The molecule has 2 heterocycles. The van der Waals surface area contributed by atoms with Gasteiger partial charge in [0.15, 0.2) is 10.1 Å². The maximum absolute atomic E-state index is 13.3. The number of nitriles is 1. The fraction of sp³-hybridized carbons (Fsp3) is 0.222. The topological polar surface area (TPSA) is 134 Å². The van der Waals surface area contributed by atoms with Crippen LogP contribution in [0, 0.1) is 11.3 Å². The van der Waals surface area contributed by atoms with Crippen LogP contribution >= 0.6 is 34.7 Å². The predicted molar refractivity (Wildman–Crippen MR) is 152 cm³/mol. The largest absolute Gasteiger partial charge is 0.497 e. The standard InChI is InChI=1S/C27H23ClN6O3S2/c1-37-16-7-4-6-15(12-16)31-22(36)14-38-27-33-32-26(39-27)34-20-10-5-11-21(35)24(20)23(18(13-29)25(34)30)17-8-2-3-9-19(17)28/h2-4,6-9,12,23H,5,10-11,14,30H2,1H3,(H,31,36). The maximum atomic E-state index is 13.3. The number of anilines is 2. The fourth-order valence-electron chi connectivity index (χ4n) is 4.70. The Bertz CT molecular complexity index is 1560. The van der Waals surface area contributed by atoms with Gasteiger partial charge in [0, 0.05) is 34.5 Å². The average molecular weight is 579 g/mol. The molecule has 2 aromatic carbocycles. The number of nitrogens with one attached hydrogen (secondary N) is 1. The lowest BCUT2D eigenvalue weighted by Crippen LogP contribution is -2.38. The Hall–Kier alpha value is -3.85. The molecule has 198 valence electrons. The van der Waals surface area contributed by atoms with Crippen molar-refractivity contribution in [1.29, 1.82) is 5.26 Å². The first-order chi connectivity index (χ1) is 18.9. The summed E-state index contributed by atoms with van der Waals surface area (Å²) in [5.41, 5.74) is 9.34. The second-order valence-electron chi connectivity index (χ2n) is 8.76. The molecular formula is C27H23ClN6O3S2. The fourth-order valence-corrected chi connectivity index (χ4v) is 6.63. The van der Waals surface area contributed by atoms with Gasteiger partial charge in [-0.05, 0) is 36.6 Å². The van der Waals surface area contributed by atoms with Gasteiger partial charge >= 0.3 is 0 Å². The van der Waals surface area contributed by atoms with E-state index in [4.69, 9.17) is 22.1 Å². The number of hydrogen-bond acceptors (Lipinski definition) is 10. The number of methoxy groups -OCH3 is 1. The molecule has 1 aromatic heterocycles. The molecule has 1 atom stereocenters. The molecule has 12 heteroatoms. The van der Waals surface area contributed by atoms with Gasteiger partial charge in [-0.1, -0.05) is 59.0 Å². The van der Waals surface area contributed by atoms with Crippen molar-refractivity contribution in [3.05, 3.63) is 81.8 Å². The number of nitrogens with two attached hydrogens (primary N) is 1. The monoisotopic (exact) mass is 578 g/mol. The van der Waals surface area contributed by atoms with Crippen LogP contribution in [0.1, 0.15) is 30.7 Å². The summed E-state index contributed by atoms with van der Waals surface area (Å²) in [6.07, 6.45) is 1.63. The average Bonchev–Trinajstić information content (AvgIpc) is 3.40. The van der Waals surface area contributed by atoms with Crippen LogP contribution in [0.25, 0.3) is 0 Å². The number of amides is 1. The lowest BCUT2D eigenvalue weighted by molar-refractivity contribution is -0.116.